The molecule has 5 heteroatoms. The van der Waals surface area contributed by atoms with Crippen molar-refractivity contribution in [1.29, 1.82) is 0 Å². The van der Waals surface area contributed by atoms with Gasteiger partial charge in [0.05, 0.1) is 0 Å². The van der Waals surface area contributed by atoms with E-state index in [1.165, 1.54) is 23.2 Å². The fourth-order valence-electron chi connectivity index (χ4n) is 0.851. The second-order valence-electron chi connectivity index (χ2n) is 2.09. The molecule has 0 heterocycles. The van der Waals surface area contributed by atoms with Crippen molar-refractivity contribution >= 4 is 22.6 Å². The summed E-state index contributed by atoms with van der Waals surface area (Å²) in [6.45, 7) is 13.5. The molecule has 16 heavy (non-hydrogen) atoms. The van der Waals surface area contributed by atoms with Gasteiger partial charge in [0.15, 0.2) is 0 Å². The summed E-state index contributed by atoms with van der Waals surface area (Å²) in [5, 5.41) is 0. The van der Waals surface area contributed by atoms with Gasteiger partial charge >= 0.3 is 33.9 Å². The van der Waals surface area contributed by atoms with Crippen molar-refractivity contribution in [2.45, 2.75) is 12.8 Å². The molecular formula is C11H10IO3Re. The van der Waals surface area contributed by atoms with Crippen LogP contribution in [0.15, 0.2) is 0 Å². The first-order chi connectivity index (χ1) is 7.43. The van der Waals surface area contributed by atoms with Crippen LogP contribution >= 0.6 is 22.6 Å². The Morgan fingerprint density at radius 2 is 1.31 bits per heavy atom. The number of hydrogen-bond donors (Lipinski definition) is 0. The summed E-state index contributed by atoms with van der Waals surface area (Å²) < 4.78 is 23.8. The van der Waals surface area contributed by atoms with Crippen molar-refractivity contribution in [2.75, 3.05) is 4.43 Å². The van der Waals surface area contributed by atoms with Gasteiger partial charge in [0.1, 0.15) is 0 Å². The second-order valence-corrected chi connectivity index (χ2v) is 3.16. The van der Waals surface area contributed by atoms with Crippen LogP contribution in [0.3, 0.4) is 0 Å². The first kappa shape index (κ1) is 25.5. The van der Waals surface area contributed by atoms with Crippen LogP contribution in [0.4, 0.5) is 0 Å². The first-order valence-electron chi connectivity index (χ1n) is 3.81. The molecule has 0 spiro atoms. The Labute approximate surface area is 125 Å². The Kier molecular flexibility index (Phi) is 47.1. The van der Waals surface area contributed by atoms with E-state index in [0.717, 1.165) is 0 Å². The van der Waals surface area contributed by atoms with Gasteiger partial charge in [-0.15, -0.1) is 0 Å². The van der Waals surface area contributed by atoms with E-state index in [1.54, 1.807) is 0 Å². The number of alkyl halides is 1. The van der Waals surface area contributed by atoms with Gasteiger partial charge in [0.2, 0.25) is 0 Å². The van der Waals surface area contributed by atoms with Gasteiger partial charge in [-0.25, -0.2) is 0 Å². The molecule has 1 aliphatic carbocycles. The Morgan fingerprint density at radius 1 is 0.938 bits per heavy atom. The zero-order valence-corrected chi connectivity index (χ0v) is 13.3. The molecule has 0 atom stereocenters. The van der Waals surface area contributed by atoms with Gasteiger partial charge in [0.25, 0.3) is 0 Å². The third-order valence-corrected chi connectivity index (χ3v) is 2.09. The maximum Gasteiger partial charge on any atom is 0 e. The zero-order valence-electron chi connectivity index (χ0n) is 8.41. The fraction of sp³-hybridized carbons (Fsp3) is 0.273. The molecule has 1 rings (SSSR count). The maximum absolute atomic E-state index is 7.50. The van der Waals surface area contributed by atoms with Crippen molar-refractivity contribution in [3.8, 4) is 0 Å². The molecule has 0 aliphatic heterocycles. The smallest absolute Gasteiger partial charge is 0 e. The van der Waals surface area contributed by atoms with Crippen LogP contribution in [0.2, 0.25) is 0 Å². The van der Waals surface area contributed by atoms with E-state index in [9.17, 15) is 0 Å². The second kappa shape index (κ2) is 29.6. The van der Waals surface area contributed by atoms with Crippen molar-refractivity contribution in [3.05, 3.63) is 51.6 Å². The van der Waals surface area contributed by atoms with E-state index in [1.807, 2.05) is 0 Å². The fourth-order valence-corrected chi connectivity index (χ4v) is 1.23. The average Bonchev–Trinajstić information content (AvgIpc) is 2.87. The molecule has 0 saturated heterocycles. The van der Waals surface area contributed by atoms with Crippen LogP contribution in [0.5, 0.6) is 0 Å². The standard InChI is InChI=1S/C8H10I.3CO.Re/c9-7-3-6-8-4-1-2-5-8;3*1-2;/h1-2,4-5H,3,6-7H2;;;;. The normalized spacial score (nSPS) is 12.2. The minimum Gasteiger partial charge on any atom is 0 e. The minimum atomic E-state index is 0. The summed E-state index contributed by atoms with van der Waals surface area (Å²) in [6.07, 6.45) is 11.1. The van der Waals surface area contributed by atoms with E-state index in [-0.39, 0.29) is 20.4 Å². The van der Waals surface area contributed by atoms with Crippen LogP contribution in [-0.4, -0.2) is 4.43 Å². The summed E-state index contributed by atoms with van der Waals surface area (Å²) in [4.78, 5) is 0. The Bertz CT molecular complexity index is 148. The molecule has 3 nitrogen and oxygen atoms in total. The first-order valence-corrected chi connectivity index (χ1v) is 5.34. The monoisotopic (exact) mass is 504 g/mol. The molecule has 1 fully saturated rings. The van der Waals surface area contributed by atoms with Gasteiger partial charge in [0, 0.05) is 20.4 Å². The van der Waals surface area contributed by atoms with Crippen LogP contribution in [-0.2, 0) is 34.4 Å². The van der Waals surface area contributed by atoms with Gasteiger partial charge in [-0.3, -0.25) is 0 Å². The molecule has 0 unspecified atom stereocenters. The predicted octanol–water partition coefficient (Wildman–Crippen LogP) is 2.49. The molecule has 6 radical (unpaired) electrons. The molecular weight excluding hydrogens is 493 g/mol. The summed E-state index contributed by atoms with van der Waals surface area (Å²) in [6, 6.07) is 0. The topological polar surface area (TPSA) is 59.7 Å². The Morgan fingerprint density at radius 3 is 1.62 bits per heavy atom. The molecule has 0 aromatic heterocycles. The average molecular weight is 503 g/mol. The minimum absolute atomic E-state index is 0. The van der Waals surface area contributed by atoms with Crippen LogP contribution in [0.1, 0.15) is 12.8 Å². The SMILES string of the molecule is ICCC[C]1[CH][CH][CH][CH]1.[C-]#[O+].[C-]#[O+].[C-]#[O+].[Re]. The number of halogens is 1. The van der Waals surface area contributed by atoms with Crippen molar-refractivity contribution in [3.63, 3.8) is 0 Å². The van der Waals surface area contributed by atoms with Crippen LogP contribution in [0, 0.1) is 51.6 Å². The molecule has 86 valence electrons. The van der Waals surface area contributed by atoms with Crippen molar-refractivity contribution in [2.24, 2.45) is 0 Å². The van der Waals surface area contributed by atoms with Gasteiger partial charge < -0.3 is 0 Å². The van der Waals surface area contributed by atoms with Gasteiger partial charge in [-0.05, 0) is 48.9 Å². The van der Waals surface area contributed by atoms with E-state index in [4.69, 9.17) is 14.0 Å². The predicted molar refractivity (Wildman–Crippen MR) is 60.4 cm³/mol. The zero-order chi connectivity index (χ0) is 12.5. The van der Waals surface area contributed by atoms with E-state index in [2.05, 4.69) is 68.2 Å². The molecule has 1 aliphatic rings. The number of rotatable bonds is 3. The van der Waals surface area contributed by atoms with Crippen molar-refractivity contribution < 1.29 is 34.4 Å². The van der Waals surface area contributed by atoms with E-state index in [0.29, 0.717) is 0 Å². The maximum atomic E-state index is 7.50. The van der Waals surface area contributed by atoms with Gasteiger partial charge in [-0.1, -0.05) is 22.6 Å². The third kappa shape index (κ3) is 20.1. The summed E-state index contributed by atoms with van der Waals surface area (Å²) >= 11 is 2.41. The van der Waals surface area contributed by atoms with Gasteiger partial charge in [-0.2, -0.15) is 0 Å². The summed E-state index contributed by atoms with van der Waals surface area (Å²) in [5.74, 6) is 1.48. The quantitative estimate of drug-likeness (QED) is 0.246. The van der Waals surface area contributed by atoms with Crippen LogP contribution in [0.25, 0.3) is 0 Å². The van der Waals surface area contributed by atoms with Crippen molar-refractivity contribution in [1.82, 2.24) is 0 Å². The summed E-state index contributed by atoms with van der Waals surface area (Å²) in [7, 11) is 0. The molecule has 0 aromatic carbocycles. The summed E-state index contributed by atoms with van der Waals surface area (Å²) in [5.41, 5.74) is 0. The Hall–Kier alpha value is 0.612. The van der Waals surface area contributed by atoms with E-state index < -0.39 is 0 Å². The molecule has 0 amide bonds. The molecule has 0 aromatic rings. The van der Waals surface area contributed by atoms with E-state index >= 15 is 0 Å². The molecule has 1 saturated carbocycles. The van der Waals surface area contributed by atoms with Crippen LogP contribution < -0.4 is 0 Å². The Balaban J connectivity index is -0.0000000900. The molecule has 0 N–H and O–H groups in total. The molecule has 0 bridgehead atoms. The third-order valence-electron chi connectivity index (χ3n) is 1.33. The largest absolute Gasteiger partial charge is 0 e. The number of hydrogen-bond acceptors (Lipinski definition) is 0.